The smallest absolute Gasteiger partial charge is 0.236 e. The summed E-state index contributed by atoms with van der Waals surface area (Å²) < 4.78 is 11.0. The van der Waals surface area contributed by atoms with Gasteiger partial charge in [0.05, 0.1) is 32.0 Å². The number of aliphatic imine (C=N–C) groups is 1. The van der Waals surface area contributed by atoms with Crippen molar-refractivity contribution < 1.29 is 13.9 Å². The Bertz CT molecular complexity index is 912. The van der Waals surface area contributed by atoms with E-state index in [-0.39, 0.29) is 5.91 Å². The third kappa shape index (κ3) is 5.66. The molecular weight excluding hydrogens is 408 g/mol. The molecule has 9 nitrogen and oxygen atoms in total. The topological polar surface area (TPSA) is 86.4 Å². The minimum absolute atomic E-state index is 0.194. The van der Waals surface area contributed by atoms with Gasteiger partial charge in [-0.3, -0.25) is 14.7 Å². The summed E-state index contributed by atoms with van der Waals surface area (Å²) in [6.45, 7) is 9.05. The van der Waals surface area contributed by atoms with Crippen LogP contribution in [0.2, 0.25) is 0 Å². The summed E-state index contributed by atoms with van der Waals surface area (Å²) in [5, 5.41) is 3.38. The van der Waals surface area contributed by atoms with Crippen LogP contribution in [0.5, 0.6) is 0 Å². The molecule has 0 atom stereocenters. The zero-order chi connectivity index (χ0) is 22.3. The van der Waals surface area contributed by atoms with Gasteiger partial charge in [0.1, 0.15) is 6.26 Å². The van der Waals surface area contributed by atoms with Crippen molar-refractivity contribution in [1.82, 2.24) is 25.0 Å². The molecule has 0 spiro atoms. The molecule has 2 aliphatic heterocycles. The number of hydrogen-bond acceptors (Lipinski definition) is 6. The monoisotopic (exact) mass is 440 g/mol. The third-order valence-electron chi connectivity index (χ3n) is 5.88. The summed E-state index contributed by atoms with van der Waals surface area (Å²) in [5.74, 6) is 1.65. The number of hydrogen-bond donors (Lipinski definition) is 1. The van der Waals surface area contributed by atoms with E-state index in [1.54, 1.807) is 13.3 Å². The Hall–Kier alpha value is -2.91. The van der Waals surface area contributed by atoms with Crippen molar-refractivity contribution >= 4 is 11.9 Å². The number of benzene rings is 1. The molecule has 2 saturated heterocycles. The fourth-order valence-electron chi connectivity index (χ4n) is 3.94. The Labute approximate surface area is 189 Å². The van der Waals surface area contributed by atoms with Crippen LogP contribution < -0.4 is 5.32 Å². The zero-order valence-corrected chi connectivity index (χ0v) is 18.9. The van der Waals surface area contributed by atoms with Crippen LogP contribution in [0.4, 0.5) is 0 Å². The van der Waals surface area contributed by atoms with Crippen molar-refractivity contribution in [3.05, 3.63) is 41.8 Å². The molecule has 2 aliphatic rings. The fraction of sp³-hybridized carbons (Fsp3) is 0.522. The summed E-state index contributed by atoms with van der Waals surface area (Å²) in [7, 11) is 1.79. The van der Waals surface area contributed by atoms with E-state index in [0.29, 0.717) is 45.3 Å². The summed E-state index contributed by atoms with van der Waals surface area (Å²) in [6.07, 6.45) is 1.69. The van der Waals surface area contributed by atoms with E-state index in [0.717, 1.165) is 43.4 Å². The maximum Gasteiger partial charge on any atom is 0.236 e. The largest absolute Gasteiger partial charge is 0.444 e. The van der Waals surface area contributed by atoms with E-state index >= 15 is 0 Å². The second kappa shape index (κ2) is 10.6. The van der Waals surface area contributed by atoms with Crippen LogP contribution in [0.25, 0.3) is 11.5 Å². The SMILES string of the molecule is CN=C(NCc1coc(-c2ccc(C)cc2)n1)N1CCN(CC(=O)N2CCOCC2)CC1. The lowest BCUT2D eigenvalue weighted by Crippen LogP contribution is -2.54. The Morgan fingerprint density at radius 3 is 2.47 bits per heavy atom. The van der Waals surface area contributed by atoms with Crippen molar-refractivity contribution in [2.75, 3.05) is 66.1 Å². The van der Waals surface area contributed by atoms with Gasteiger partial charge in [0.2, 0.25) is 11.8 Å². The molecule has 0 aliphatic carbocycles. The number of guanidine groups is 1. The van der Waals surface area contributed by atoms with Gasteiger partial charge in [-0.05, 0) is 19.1 Å². The molecule has 0 unspecified atom stereocenters. The number of morpholine rings is 1. The average Bonchev–Trinajstić information content (AvgIpc) is 3.30. The number of nitrogens with one attached hydrogen (secondary N) is 1. The molecule has 2 fully saturated rings. The molecule has 1 amide bonds. The predicted molar refractivity (Wildman–Crippen MR) is 122 cm³/mol. The van der Waals surface area contributed by atoms with Crippen LogP contribution in [0.3, 0.4) is 0 Å². The fourth-order valence-corrected chi connectivity index (χ4v) is 3.94. The van der Waals surface area contributed by atoms with Crippen molar-refractivity contribution in [3.63, 3.8) is 0 Å². The van der Waals surface area contributed by atoms with Gasteiger partial charge in [-0.25, -0.2) is 4.98 Å². The van der Waals surface area contributed by atoms with Gasteiger partial charge in [-0.2, -0.15) is 0 Å². The van der Waals surface area contributed by atoms with Gasteiger partial charge in [0.15, 0.2) is 5.96 Å². The van der Waals surface area contributed by atoms with Gasteiger partial charge in [-0.1, -0.05) is 17.7 Å². The molecule has 9 heteroatoms. The minimum atomic E-state index is 0.194. The van der Waals surface area contributed by atoms with Crippen molar-refractivity contribution in [2.45, 2.75) is 13.5 Å². The number of ether oxygens (including phenoxy) is 1. The van der Waals surface area contributed by atoms with Crippen LogP contribution >= 0.6 is 0 Å². The summed E-state index contributed by atoms with van der Waals surface area (Å²) in [5.41, 5.74) is 3.00. The first-order valence-electron chi connectivity index (χ1n) is 11.2. The Morgan fingerprint density at radius 1 is 1.06 bits per heavy atom. The maximum atomic E-state index is 12.5. The van der Waals surface area contributed by atoms with Crippen LogP contribution in [0, 0.1) is 6.92 Å². The Balaban J connectivity index is 1.24. The summed E-state index contributed by atoms with van der Waals surface area (Å²) >= 11 is 0. The normalized spacial score (nSPS) is 18.1. The lowest BCUT2D eigenvalue weighted by atomic mass is 10.1. The maximum absolute atomic E-state index is 12.5. The first-order chi connectivity index (χ1) is 15.6. The van der Waals surface area contributed by atoms with Crippen LogP contribution in [0.1, 0.15) is 11.3 Å². The number of piperazine rings is 1. The van der Waals surface area contributed by atoms with Crippen molar-refractivity contribution in [2.24, 2.45) is 4.99 Å². The van der Waals surface area contributed by atoms with Gasteiger partial charge in [0, 0.05) is 51.9 Å². The summed E-state index contributed by atoms with van der Waals surface area (Å²) in [6, 6.07) is 8.13. The van der Waals surface area contributed by atoms with E-state index in [1.165, 1.54) is 5.56 Å². The average molecular weight is 441 g/mol. The van der Waals surface area contributed by atoms with Gasteiger partial charge >= 0.3 is 0 Å². The number of aromatic nitrogens is 1. The Kier molecular flexibility index (Phi) is 7.39. The standard InChI is InChI=1S/C23H32N6O3/c1-18-3-5-19(6-4-18)22-26-20(17-32-22)15-25-23(24-2)29-9-7-27(8-10-29)16-21(30)28-11-13-31-14-12-28/h3-6,17H,7-16H2,1-2H3,(H,24,25). The molecule has 1 N–H and O–H groups in total. The van der Waals surface area contributed by atoms with E-state index in [2.05, 4.69) is 32.0 Å². The molecular formula is C23H32N6O3. The molecule has 2 aromatic rings. The number of carbonyl (C=O) groups excluding carboxylic acids is 1. The molecule has 1 aromatic heterocycles. The Morgan fingerprint density at radius 2 is 1.78 bits per heavy atom. The zero-order valence-electron chi connectivity index (χ0n) is 18.9. The number of amides is 1. The van der Waals surface area contributed by atoms with Crippen LogP contribution in [0.15, 0.2) is 39.9 Å². The molecule has 1 aromatic carbocycles. The highest BCUT2D eigenvalue weighted by Gasteiger charge is 2.24. The van der Waals surface area contributed by atoms with E-state index in [9.17, 15) is 4.79 Å². The number of rotatable bonds is 5. The highest BCUT2D eigenvalue weighted by molar-refractivity contribution is 5.80. The number of oxazole rings is 1. The predicted octanol–water partition coefficient (Wildman–Crippen LogP) is 1.20. The van der Waals surface area contributed by atoms with Gasteiger partial charge < -0.3 is 24.3 Å². The second-order valence-electron chi connectivity index (χ2n) is 8.17. The first kappa shape index (κ1) is 22.3. The number of nitrogens with zero attached hydrogens (tertiary/aromatic N) is 5. The highest BCUT2D eigenvalue weighted by Crippen LogP contribution is 2.19. The van der Waals surface area contributed by atoms with Crippen molar-refractivity contribution in [3.8, 4) is 11.5 Å². The first-order valence-corrected chi connectivity index (χ1v) is 11.2. The lowest BCUT2D eigenvalue weighted by molar-refractivity contribution is -0.136. The quantitative estimate of drug-likeness (QED) is 0.552. The van der Waals surface area contributed by atoms with Crippen LogP contribution in [-0.4, -0.2) is 97.6 Å². The molecule has 0 radical (unpaired) electrons. The van der Waals surface area contributed by atoms with E-state index < -0.39 is 0 Å². The molecule has 32 heavy (non-hydrogen) atoms. The molecule has 3 heterocycles. The second-order valence-corrected chi connectivity index (χ2v) is 8.17. The lowest BCUT2D eigenvalue weighted by Gasteiger charge is -2.37. The molecule has 172 valence electrons. The number of aryl methyl sites for hydroxylation is 1. The van der Waals surface area contributed by atoms with E-state index in [1.807, 2.05) is 29.2 Å². The summed E-state index contributed by atoms with van der Waals surface area (Å²) in [4.78, 5) is 27.8. The molecule has 4 rings (SSSR count). The van der Waals surface area contributed by atoms with Gasteiger partial charge in [0.25, 0.3) is 0 Å². The van der Waals surface area contributed by atoms with Gasteiger partial charge in [-0.15, -0.1) is 0 Å². The van der Waals surface area contributed by atoms with Crippen molar-refractivity contribution in [1.29, 1.82) is 0 Å². The minimum Gasteiger partial charge on any atom is -0.444 e. The molecule has 0 saturated carbocycles. The van der Waals surface area contributed by atoms with E-state index in [4.69, 9.17) is 9.15 Å². The highest BCUT2D eigenvalue weighted by atomic mass is 16.5. The third-order valence-corrected chi connectivity index (χ3v) is 5.88. The molecule has 0 bridgehead atoms. The van der Waals surface area contributed by atoms with Crippen LogP contribution in [-0.2, 0) is 16.1 Å². The number of carbonyl (C=O) groups is 1.